The van der Waals surface area contributed by atoms with Crippen LogP contribution in [0.5, 0.6) is 5.75 Å². The molecule has 2 N–H and O–H groups in total. The molecule has 1 fully saturated rings. The van der Waals surface area contributed by atoms with E-state index in [-0.39, 0.29) is 12.4 Å². The van der Waals surface area contributed by atoms with Crippen molar-refractivity contribution in [2.24, 2.45) is 0 Å². The van der Waals surface area contributed by atoms with Crippen molar-refractivity contribution < 1.29 is 5.11 Å². The van der Waals surface area contributed by atoms with E-state index in [1.165, 1.54) is 5.56 Å². The van der Waals surface area contributed by atoms with Crippen LogP contribution in [0.25, 0.3) is 0 Å². The van der Waals surface area contributed by atoms with E-state index in [0.717, 1.165) is 26.2 Å². The zero-order chi connectivity index (χ0) is 10.7. The average molecular weight is 243 g/mol. The van der Waals surface area contributed by atoms with Gasteiger partial charge in [-0.15, -0.1) is 12.4 Å². The third-order valence-electron chi connectivity index (χ3n) is 2.94. The highest BCUT2D eigenvalue weighted by Crippen LogP contribution is 2.14. The van der Waals surface area contributed by atoms with Crippen LogP contribution < -0.4 is 5.32 Å². The van der Waals surface area contributed by atoms with Gasteiger partial charge < -0.3 is 10.4 Å². The van der Waals surface area contributed by atoms with Crippen LogP contribution in [-0.4, -0.2) is 35.7 Å². The first-order valence-corrected chi connectivity index (χ1v) is 5.48. The van der Waals surface area contributed by atoms with E-state index < -0.39 is 0 Å². The summed E-state index contributed by atoms with van der Waals surface area (Å²) in [5, 5.41) is 12.7. The molecule has 2 rings (SSSR count). The van der Waals surface area contributed by atoms with Crippen LogP contribution in [0.2, 0.25) is 0 Å². The first kappa shape index (κ1) is 13.3. The maximum absolute atomic E-state index is 9.38. The Morgan fingerprint density at radius 1 is 1.50 bits per heavy atom. The van der Waals surface area contributed by atoms with Crippen LogP contribution in [0.15, 0.2) is 24.3 Å². The van der Waals surface area contributed by atoms with Crippen molar-refractivity contribution in [1.29, 1.82) is 0 Å². The van der Waals surface area contributed by atoms with Crippen molar-refractivity contribution in [3.05, 3.63) is 29.8 Å². The Bertz CT molecular complexity index is 333. The van der Waals surface area contributed by atoms with E-state index in [9.17, 15) is 5.11 Å². The Morgan fingerprint density at radius 2 is 2.31 bits per heavy atom. The Labute approximate surface area is 103 Å². The van der Waals surface area contributed by atoms with Gasteiger partial charge in [0.25, 0.3) is 0 Å². The monoisotopic (exact) mass is 242 g/mol. The summed E-state index contributed by atoms with van der Waals surface area (Å²) >= 11 is 0. The van der Waals surface area contributed by atoms with E-state index >= 15 is 0 Å². The van der Waals surface area contributed by atoms with Crippen LogP contribution in [0, 0.1) is 0 Å². The molecule has 90 valence electrons. The topological polar surface area (TPSA) is 35.5 Å². The number of phenolic OH excluding ortho intramolecular Hbond substituents is 1. The zero-order valence-electron chi connectivity index (χ0n) is 9.52. The number of hydrogen-bond donors (Lipinski definition) is 2. The molecule has 1 saturated heterocycles. The SMILES string of the molecule is C[C@@H]1CNCCN1Cc1cccc(O)c1.Cl. The van der Waals surface area contributed by atoms with Gasteiger partial charge in [0.15, 0.2) is 0 Å². The van der Waals surface area contributed by atoms with E-state index in [4.69, 9.17) is 0 Å². The number of hydrogen-bond acceptors (Lipinski definition) is 3. The van der Waals surface area contributed by atoms with Gasteiger partial charge in [0.05, 0.1) is 0 Å². The third kappa shape index (κ3) is 3.37. The normalized spacial score (nSPS) is 21.4. The molecule has 1 heterocycles. The predicted molar refractivity (Wildman–Crippen MR) is 68.1 cm³/mol. The molecule has 0 radical (unpaired) electrons. The minimum absolute atomic E-state index is 0. The minimum atomic E-state index is 0. The molecule has 0 amide bonds. The molecular weight excluding hydrogens is 224 g/mol. The standard InChI is InChI=1S/C12H18N2O.ClH/c1-10-8-13-5-6-14(10)9-11-3-2-4-12(15)7-11;/h2-4,7,10,13,15H,5-6,8-9H2,1H3;1H/t10-;/m1./s1. The lowest BCUT2D eigenvalue weighted by Crippen LogP contribution is -2.49. The van der Waals surface area contributed by atoms with Gasteiger partial charge in [-0.05, 0) is 24.6 Å². The lowest BCUT2D eigenvalue weighted by molar-refractivity contribution is 0.165. The smallest absolute Gasteiger partial charge is 0.115 e. The quantitative estimate of drug-likeness (QED) is 0.827. The molecule has 0 aromatic heterocycles. The summed E-state index contributed by atoms with van der Waals surface area (Å²) in [4.78, 5) is 2.44. The lowest BCUT2D eigenvalue weighted by atomic mass is 10.1. The maximum Gasteiger partial charge on any atom is 0.115 e. The summed E-state index contributed by atoms with van der Waals surface area (Å²) in [6.07, 6.45) is 0. The first-order valence-electron chi connectivity index (χ1n) is 5.48. The number of benzene rings is 1. The Hall–Kier alpha value is -0.770. The van der Waals surface area contributed by atoms with Gasteiger partial charge in [0.1, 0.15) is 5.75 Å². The number of phenols is 1. The highest BCUT2D eigenvalue weighted by Gasteiger charge is 2.17. The second kappa shape index (κ2) is 6.09. The minimum Gasteiger partial charge on any atom is -0.508 e. The zero-order valence-corrected chi connectivity index (χ0v) is 10.3. The molecule has 16 heavy (non-hydrogen) atoms. The molecule has 0 bridgehead atoms. The molecule has 1 aliphatic rings. The van der Waals surface area contributed by atoms with Gasteiger partial charge in [-0.25, -0.2) is 0 Å². The summed E-state index contributed by atoms with van der Waals surface area (Å²) in [6.45, 7) is 6.35. The molecule has 0 aliphatic carbocycles. The van der Waals surface area contributed by atoms with Crippen LogP contribution in [-0.2, 0) is 6.54 Å². The van der Waals surface area contributed by atoms with Crippen molar-refractivity contribution in [2.45, 2.75) is 19.5 Å². The molecular formula is C12H19ClN2O. The summed E-state index contributed by atoms with van der Waals surface area (Å²) in [6, 6.07) is 8.09. The number of halogens is 1. The number of piperazine rings is 1. The van der Waals surface area contributed by atoms with Gasteiger partial charge in [-0.1, -0.05) is 12.1 Å². The third-order valence-corrected chi connectivity index (χ3v) is 2.94. The summed E-state index contributed by atoms with van der Waals surface area (Å²) < 4.78 is 0. The fourth-order valence-electron chi connectivity index (χ4n) is 2.01. The number of aromatic hydroxyl groups is 1. The van der Waals surface area contributed by atoms with Gasteiger partial charge in [-0.3, -0.25) is 4.90 Å². The van der Waals surface area contributed by atoms with Crippen molar-refractivity contribution in [3.63, 3.8) is 0 Å². The Kier molecular flexibility index (Phi) is 5.06. The Morgan fingerprint density at radius 3 is 3.00 bits per heavy atom. The molecule has 0 unspecified atom stereocenters. The maximum atomic E-state index is 9.38. The van der Waals surface area contributed by atoms with Crippen LogP contribution in [0.3, 0.4) is 0 Å². The number of nitrogens with one attached hydrogen (secondary N) is 1. The van der Waals surface area contributed by atoms with Crippen molar-refractivity contribution in [1.82, 2.24) is 10.2 Å². The van der Waals surface area contributed by atoms with Crippen LogP contribution in [0.4, 0.5) is 0 Å². The van der Waals surface area contributed by atoms with Crippen molar-refractivity contribution in [3.8, 4) is 5.75 Å². The molecule has 1 atom stereocenters. The molecule has 1 aliphatic heterocycles. The second-order valence-corrected chi connectivity index (χ2v) is 4.19. The van der Waals surface area contributed by atoms with Crippen molar-refractivity contribution >= 4 is 12.4 Å². The fourth-order valence-corrected chi connectivity index (χ4v) is 2.01. The van der Waals surface area contributed by atoms with E-state index in [0.29, 0.717) is 11.8 Å². The van der Waals surface area contributed by atoms with Crippen LogP contribution in [0.1, 0.15) is 12.5 Å². The average Bonchev–Trinajstić information content (AvgIpc) is 2.22. The number of nitrogens with zero attached hydrogens (tertiary/aromatic N) is 1. The van der Waals surface area contributed by atoms with Gasteiger partial charge in [-0.2, -0.15) is 0 Å². The van der Waals surface area contributed by atoms with E-state index in [1.807, 2.05) is 12.1 Å². The first-order chi connectivity index (χ1) is 7.25. The lowest BCUT2D eigenvalue weighted by Gasteiger charge is -2.33. The molecule has 1 aromatic rings. The summed E-state index contributed by atoms with van der Waals surface area (Å²) in [5.74, 6) is 0.357. The van der Waals surface area contributed by atoms with E-state index in [2.05, 4.69) is 23.2 Å². The number of rotatable bonds is 2. The Balaban J connectivity index is 0.00000128. The molecule has 4 heteroatoms. The predicted octanol–water partition coefficient (Wildman–Crippen LogP) is 1.61. The highest BCUT2D eigenvalue weighted by molar-refractivity contribution is 5.85. The molecule has 0 saturated carbocycles. The summed E-state index contributed by atoms with van der Waals surface area (Å²) in [5.41, 5.74) is 1.18. The highest BCUT2D eigenvalue weighted by atomic mass is 35.5. The van der Waals surface area contributed by atoms with Crippen LogP contribution >= 0.6 is 12.4 Å². The molecule has 0 spiro atoms. The van der Waals surface area contributed by atoms with Gasteiger partial charge in [0, 0.05) is 32.2 Å². The van der Waals surface area contributed by atoms with Gasteiger partial charge in [0.2, 0.25) is 0 Å². The molecule has 3 nitrogen and oxygen atoms in total. The molecule has 1 aromatic carbocycles. The fraction of sp³-hybridized carbons (Fsp3) is 0.500. The largest absolute Gasteiger partial charge is 0.508 e. The van der Waals surface area contributed by atoms with Crippen molar-refractivity contribution in [2.75, 3.05) is 19.6 Å². The summed E-state index contributed by atoms with van der Waals surface area (Å²) in [7, 11) is 0. The van der Waals surface area contributed by atoms with E-state index in [1.54, 1.807) is 6.07 Å². The second-order valence-electron chi connectivity index (χ2n) is 4.19. The van der Waals surface area contributed by atoms with Gasteiger partial charge >= 0.3 is 0 Å².